The number of carbonyl (C=O) groups is 2. The minimum Gasteiger partial charge on any atom is -0.396 e. The van der Waals surface area contributed by atoms with Gasteiger partial charge in [0.2, 0.25) is 0 Å². The second-order valence-corrected chi connectivity index (χ2v) is 11.1. The third-order valence-electron chi connectivity index (χ3n) is 6.37. The molecule has 1 atom stereocenters. The molecule has 0 fully saturated rings. The number of benzene rings is 2. The third-order valence-corrected chi connectivity index (χ3v) is 6.37. The molecule has 0 aromatic heterocycles. The Morgan fingerprint density at radius 2 is 1.71 bits per heavy atom. The lowest BCUT2D eigenvalue weighted by atomic mass is 10.00. The van der Waals surface area contributed by atoms with Gasteiger partial charge in [0.1, 0.15) is 0 Å². The zero-order chi connectivity index (χ0) is 30.5. The van der Waals surface area contributed by atoms with E-state index in [9.17, 15) is 20.0 Å². The number of nitrogens with one attached hydrogen (secondary N) is 1. The van der Waals surface area contributed by atoms with Gasteiger partial charge in [-0.25, -0.2) is 0 Å². The topological polar surface area (TPSA) is 103 Å². The molecule has 6 heteroatoms. The van der Waals surface area contributed by atoms with Crippen molar-refractivity contribution in [3.05, 3.63) is 99.7 Å². The van der Waals surface area contributed by atoms with Gasteiger partial charge in [0.25, 0.3) is 5.91 Å². The quantitative estimate of drug-likeness (QED) is 0.370. The average molecular weight is 554 g/mol. The fourth-order valence-corrected chi connectivity index (χ4v) is 4.14. The maximum atomic E-state index is 12.8. The predicted molar refractivity (Wildman–Crippen MR) is 168 cm³/mol. The summed E-state index contributed by atoms with van der Waals surface area (Å²) in [6.07, 6.45) is 7.55. The third kappa shape index (κ3) is 10.8. The number of aliphatic hydroxyl groups excluding tert-OH is 1. The number of aliphatic hydroxyl groups is 1. The number of hydrogen-bond donors (Lipinski definition) is 2. The van der Waals surface area contributed by atoms with Crippen LogP contribution >= 0.6 is 0 Å². The van der Waals surface area contributed by atoms with Crippen molar-refractivity contribution in [1.29, 1.82) is 5.26 Å². The van der Waals surface area contributed by atoms with Gasteiger partial charge in [0.15, 0.2) is 5.78 Å². The molecule has 41 heavy (non-hydrogen) atoms. The van der Waals surface area contributed by atoms with Crippen molar-refractivity contribution < 1.29 is 14.7 Å². The number of carbonyl (C=O) groups excluding carboxylic acids is 2. The van der Waals surface area contributed by atoms with Gasteiger partial charge in [0, 0.05) is 29.5 Å². The van der Waals surface area contributed by atoms with Gasteiger partial charge in [0.05, 0.1) is 17.3 Å². The summed E-state index contributed by atoms with van der Waals surface area (Å²) in [7, 11) is 0. The summed E-state index contributed by atoms with van der Waals surface area (Å²) < 4.78 is 0. The number of hydrogen-bond acceptors (Lipinski definition) is 5. The maximum absolute atomic E-state index is 12.8. The molecule has 0 radical (unpaired) electrons. The number of ketones is 1. The Balaban J connectivity index is 0.00000138. The normalized spacial score (nSPS) is 19.0. The van der Waals surface area contributed by atoms with Crippen LogP contribution in [0.1, 0.15) is 87.0 Å². The van der Waals surface area contributed by atoms with Crippen molar-refractivity contribution in [2.45, 2.75) is 73.8 Å². The monoisotopic (exact) mass is 553 g/mol. The molecular formula is C35H43N3O3. The van der Waals surface area contributed by atoms with Crippen molar-refractivity contribution in [3.8, 4) is 6.07 Å². The molecule has 2 N–H and O–H groups in total. The lowest BCUT2D eigenvalue weighted by molar-refractivity contribution is -0.113. The summed E-state index contributed by atoms with van der Waals surface area (Å²) in [6, 6.07) is 14.9. The minimum absolute atomic E-state index is 0.0200. The van der Waals surface area contributed by atoms with Crippen molar-refractivity contribution in [2.75, 3.05) is 6.61 Å². The average Bonchev–Trinajstić information content (AvgIpc) is 2.98. The number of allylic oxidation sites excluding steroid dienone is 5. The van der Waals surface area contributed by atoms with Gasteiger partial charge in [-0.3, -0.25) is 14.6 Å². The molecule has 3 rings (SSSR count). The van der Waals surface area contributed by atoms with Crippen LogP contribution in [0.2, 0.25) is 0 Å². The molecule has 216 valence electrons. The Morgan fingerprint density at radius 1 is 1.05 bits per heavy atom. The van der Waals surface area contributed by atoms with E-state index in [1.807, 2.05) is 57.2 Å². The first-order chi connectivity index (χ1) is 19.4. The molecule has 1 heterocycles. The molecule has 0 saturated carbocycles. The van der Waals surface area contributed by atoms with E-state index in [4.69, 9.17) is 4.99 Å². The Kier molecular flexibility index (Phi) is 13.1. The number of aliphatic imine (C=N–C) groups is 1. The second kappa shape index (κ2) is 16.2. The predicted octanol–water partition coefficient (Wildman–Crippen LogP) is 6.92. The molecule has 2 aromatic carbocycles. The van der Waals surface area contributed by atoms with Crippen molar-refractivity contribution in [2.24, 2.45) is 10.9 Å². The molecule has 6 nitrogen and oxygen atoms in total. The molecule has 0 saturated heterocycles. The van der Waals surface area contributed by atoms with Crippen LogP contribution in [-0.2, 0) is 11.2 Å². The molecule has 1 amide bonds. The maximum Gasteiger partial charge on any atom is 0.251 e. The van der Waals surface area contributed by atoms with Gasteiger partial charge in [-0.05, 0) is 87.8 Å². The van der Waals surface area contributed by atoms with Gasteiger partial charge in [-0.1, -0.05) is 68.8 Å². The summed E-state index contributed by atoms with van der Waals surface area (Å²) in [5, 5.41) is 21.8. The largest absolute Gasteiger partial charge is 0.396 e. The fourth-order valence-electron chi connectivity index (χ4n) is 4.14. The Bertz CT molecular complexity index is 1380. The summed E-state index contributed by atoms with van der Waals surface area (Å²) in [6.45, 7) is 13.7. The highest BCUT2D eigenvalue weighted by Gasteiger charge is 2.16. The SMILES string of the molecule is CC(=O)C1=C/C=C(/C)C\C=C(c2ccc(CC(CCO)NC(=O)c3ccc(C)c(C#N)c3)cc2)/N=C\1C.CC(C)C. The second-order valence-electron chi connectivity index (χ2n) is 11.1. The highest BCUT2D eigenvalue weighted by Crippen LogP contribution is 2.23. The van der Waals surface area contributed by atoms with E-state index in [0.717, 1.165) is 40.3 Å². The molecule has 0 bridgehead atoms. The Hall–Kier alpha value is -4.08. The summed E-state index contributed by atoms with van der Waals surface area (Å²) in [4.78, 5) is 29.7. The van der Waals surface area contributed by atoms with Crippen LogP contribution < -0.4 is 5.32 Å². The summed E-state index contributed by atoms with van der Waals surface area (Å²) in [5.41, 5.74) is 6.87. The first-order valence-corrected chi connectivity index (χ1v) is 14.1. The molecule has 2 aromatic rings. The Labute approximate surface area is 245 Å². The zero-order valence-corrected chi connectivity index (χ0v) is 25.4. The first kappa shape index (κ1) is 33.1. The number of aryl methyl sites for hydroxylation is 1. The molecule has 1 aliphatic heterocycles. The van der Waals surface area contributed by atoms with E-state index in [2.05, 4.69) is 38.2 Å². The number of nitrogens with zero attached hydrogens (tertiary/aromatic N) is 2. The van der Waals surface area contributed by atoms with Crippen LogP contribution in [-0.4, -0.2) is 35.2 Å². The molecular weight excluding hydrogens is 510 g/mol. The number of Topliss-reactive ketones (excluding diaryl/α,β-unsaturated/α-hetero) is 1. The highest BCUT2D eigenvalue weighted by atomic mass is 16.3. The van der Waals surface area contributed by atoms with Gasteiger partial charge in [-0.15, -0.1) is 0 Å². The number of nitriles is 1. The number of rotatable bonds is 8. The molecule has 1 aliphatic rings. The van der Waals surface area contributed by atoms with Crippen LogP contribution in [0.15, 0.2) is 76.8 Å². The summed E-state index contributed by atoms with van der Waals surface area (Å²) in [5.74, 6) is 0.540. The Morgan fingerprint density at radius 3 is 2.29 bits per heavy atom. The molecule has 1 unspecified atom stereocenters. The first-order valence-electron chi connectivity index (χ1n) is 14.1. The lowest BCUT2D eigenvalue weighted by Gasteiger charge is -2.18. The van der Waals surface area contributed by atoms with Crippen LogP contribution in [0.4, 0.5) is 0 Å². The van der Waals surface area contributed by atoms with Crippen LogP contribution in [0.25, 0.3) is 5.70 Å². The van der Waals surface area contributed by atoms with Gasteiger partial charge < -0.3 is 10.4 Å². The fraction of sp³-hybridized carbons (Fsp3) is 0.371. The van der Waals surface area contributed by atoms with Gasteiger partial charge >= 0.3 is 0 Å². The molecule has 0 spiro atoms. The van der Waals surface area contributed by atoms with E-state index in [1.54, 1.807) is 25.1 Å². The smallest absolute Gasteiger partial charge is 0.251 e. The zero-order valence-electron chi connectivity index (χ0n) is 25.4. The standard InChI is InChI=1S/C31H33N3O3.C4H10/c1-20-5-13-29(23(4)36)22(3)33-30(14-6-20)25-11-8-24(9-12-25)17-28(15-16-35)34-31(37)26-10-7-21(2)27(18-26)19-32;1-4(2)3/h5,7-14,18,28,35H,6,15-17H2,1-4H3,(H,34,37);4H,1-3H3/b20-5-,29-13+,30-14-,33-22-;. The molecule has 0 aliphatic carbocycles. The van der Waals surface area contributed by atoms with Crippen molar-refractivity contribution in [1.82, 2.24) is 5.32 Å². The van der Waals surface area contributed by atoms with Crippen LogP contribution in [0.3, 0.4) is 0 Å². The lowest BCUT2D eigenvalue weighted by Crippen LogP contribution is -2.37. The van der Waals surface area contributed by atoms with Crippen molar-refractivity contribution in [3.63, 3.8) is 0 Å². The van der Waals surface area contributed by atoms with E-state index in [1.165, 1.54) is 0 Å². The van der Waals surface area contributed by atoms with Crippen LogP contribution in [0.5, 0.6) is 0 Å². The van der Waals surface area contributed by atoms with E-state index in [-0.39, 0.29) is 24.3 Å². The van der Waals surface area contributed by atoms with Crippen molar-refractivity contribution >= 4 is 23.1 Å². The summed E-state index contributed by atoms with van der Waals surface area (Å²) >= 11 is 0. The van der Waals surface area contributed by atoms with Gasteiger partial charge in [-0.2, -0.15) is 5.26 Å². The highest BCUT2D eigenvalue weighted by molar-refractivity contribution is 6.22. The van der Waals surface area contributed by atoms with Crippen LogP contribution in [0, 0.1) is 24.2 Å². The number of amides is 1. The minimum atomic E-state index is -0.273. The van der Waals surface area contributed by atoms with E-state index in [0.29, 0.717) is 35.3 Å². The van der Waals surface area contributed by atoms with E-state index >= 15 is 0 Å². The van der Waals surface area contributed by atoms with E-state index < -0.39 is 0 Å².